The predicted molar refractivity (Wildman–Crippen MR) is 135 cm³/mol. The molecule has 5 rings (SSSR count). The third-order valence-electron chi connectivity index (χ3n) is 6.26. The molecule has 1 aromatic carbocycles. The summed E-state index contributed by atoms with van der Waals surface area (Å²) in [5, 5.41) is 14.2. The second-order valence-corrected chi connectivity index (χ2v) is 9.89. The number of aliphatic hydroxyl groups is 1. The quantitative estimate of drug-likeness (QED) is 0.391. The second-order valence-electron chi connectivity index (χ2n) is 9.89. The number of hydrogen-bond donors (Lipinski definition) is 1. The van der Waals surface area contributed by atoms with Crippen LogP contribution in [-0.2, 0) is 13.2 Å². The number of pyridine rings is 1. The van der Waals surface area contributed by atoms with Gasteiger partial charge in [-0.15, -0.1) is 0 Å². The van der Waals surface area contributed by atoms with Gasteiger partial charge >= 0.3 is 0 Å². The molecule has 0 radical (unpaired) electrons. The lowest BCUT2D eigenvalue weighted by Crippen LogP contribution is -2.32. The summed E-state index contributed by atoms with van der Waals surface area (Å²) in [5.74, 6) is -0.552. The Labute approximate surface area is 212 Å². The van der Waals surface area contributed by atoms with Gasteiger partial charge in [0.15, 0.2) is 12.6 Å². The van der Waals surface area contributed by atoms with Crippen molar-refractivity contribution in [2.75, 3.05) is 18.0 Å². The number of anilines is 1. The highest BCUT2D eigenvalue weighted by Gasteiger charge is 2.23. The van der Waals surface area contributed by atoms with Gasteiger partial charge in [-0.2, -0.15) is 5.10 Å². The van der Waals surface area contributed by atoms with Crippen molar-refractivity contribution in [3.63, 3.8) is 0 Å². The van der Waals surface area contributed by atoms with Crippen LogP contribution in [0.1, 0.15) is 37.9 Å². The highest BCUT2D eigenvalue weighted by atomic mass is 19.1. The van der Waals surface area contributed by atoms with E-state index in [9.17, 15) is 18.3 Å². The summed E-state index contributed by atoms with van der Waals surface area (Å²) in [4.78, 5) is 16.3. The first-order valence-electron chi connectivity index (χ1n) is 12.1. The van der Waals surface area contributed by atoms with Crippen LogP contribution in [-0.4, -0.2) is 48.5 Å². The van der Waals surface area contributed by atoms with E-state index in [1.165, 1.54) is 16.8 Å². The van der Waals surface area contributed by atoms with Crippen LogP contribution < -0.4 is 4.90 Å². The molecule has 1 aliphatic heterocycles. The molecule has 1 fully saturated rings. The minimum atomic E-state index is -0.922. The lowest BCUT2D eigenvalue weighted by atomic mass is 10.00. The second kappa shape index (κ2) is 9.93. The van der Waals surface area contributed by atoms with Crippen molar-refractivity contribution in [1.82, 2.24) is 24.7 Å². The van der Waals surface area contributed by atoms with Gasteiger partial charge in [-0.1, -0.05) is 11.6 Å². The van der Waals surface area contributed by atoms with Crippen molar-refractivity contribution < 1.29 is 18.3 Å². The first-order valence-corrected chi connectivity index (χ1v) is 12.1. The van der Waals surface area contributed by atoms with E-state index in [0.717, 1.165) is 11.6 Å². The van der Waals surface area contributed by atoms with Gasteiger partial charge < -0.3 is 10.0 Å². The zero-order valence-electron chi connectivity index (χ0n) is 20.6. The number of alkyl halides is 1. The SMILES string of the molecule is CC(C)(O)Cc1cc2nc(-c3cnn(CF)c3)c(N3CCC(=Cc4ccc(F)cc4F)CC3)nc2cn1. The van der Waals surface area contributed by atoms with Gasteiger partial charge in [0.25, 0.3) is 0 Å². The fraction of sp³-hybridized carbons (Fsp3) is 0.333. The maximum Gasteiger partial charge on any atom is 0.181 e. The van der Waals surface area contributed by atoms with Crippen molar-refractivity contribution in [3.05, 3.63) is 71.3 Å². The molecule has 0 saturated carbocycles. The van der Waals surface area contributed by atoms with Gasteiger partial charge in [0, 0.05) is 48.6 Å². The summed E-state index contributed by atoms with van der Waals surface area (Å²) in [6.07, 6.45) is 8.27. The summed E-state index contributed by atoms with van der Waals surface area (Å²) in [5.41, 5.74) is 3.61. The molecule has 0 amide bonds. The number of halogens is 3. The van der Waals surface area contributed by atoms with E-state index >= 15 is 0 Å². The lowest BCUT2D eigenvalue weighted by molar-refractivity contribution is 0.0800. The lowest BCUT2D eigenvalue weighted by Gasteiger charge is -2.30. The summed E-state index contributed by atoms with van der Waals surface area (Å²) in [6, 6.07) is 5.39. The predicted octanol–water partition coefficient (Wildman–Crippen LogP) is 5.09. The van der Waals surface area contributed by atoms with Crippen molar-refractivity contribution >= 4 is 22.9 Å². The third kappa shape index (κ3) is 5.64. The highest BCUT2D eigenvalue weighted by Crippen LogP contribution is 2.33. The van der Waals surface area contributed by atoms with E-state index in [2.05, 4.69) is 15.0 Å². The van der Waals surface area contributed by atoms with E-state index < -0.39 is 24.0 Å². The fourth-order valence-corrected chi connectivity index (χ4v) is 4.49. The maximum atomic E-state index is 14.1. The number of aromatic nitrogens is 5. The minimum absolute atomic E-state index is 0.359. The molecule has 1 saturated heterocycles. The van der Waals surface area contributed by atoms with E-state index in [-0.39, 0.29) is 0 Å². The van der Waals surface area contributed by atoms with E-state index in [4.69, 9.17) is 9.97 Å². The molecule has 0 atom stereocenters. The maximum absolute atomic E-state index is 14.1. The van der Waals surface area contributed by atoms with Gasteiger partial charge in [-0.05, 0) is 44.9 Å². The number of benzene rings is 1. The molecule has 4 aromatic rings. The smallest absolute Gasteiger partial charge is 0.181 e. The Hall–Kier alpha value is -3.79. The molecule has 0 spiro atoms. The van der Waals surface area contributed by atoms with Crippen LogP contribution in [0.5, 0.6) is 0 Å². The van der Waals surface area contributed by atoms with Crippen molar-refractivity contribution in [3.8, 4) is 11.3 Å². The molecule has 0 bridgehead atoms. The highest BCUT2D eigenvalue weighted by molar-refractivity contribution is 5.83. The minimum Gasteiger partial charge on any atom is -0.390 e. The molecule has 3 aromatic heterocycles. The average molecular weight is 509 g/mol. The molecule has 0 unspecified atom stereocenters. The first kappa shape index (κ1) is 24.9. The number of piperidine rings is 1. The van der Waals surface area contributed by atoms with Crippen molar-refractivity contribution in [1.29, 1.82) is 0 Å². The van der Waals surface area contributed by atoms with Crippen LogP contribution in [0.3, 0.4) is 0 Å². The summed E-state index contributed by atoms with van der Waals surface area (Å²) < 4.78 is 41.8. The van der Waals surface area contributed by atoms with Crippen molar-refractivity contribution in [2.24, 2.45) is 0 Å². The van der Waals surface area contributed by atoms with Crippen LogP contribution in [0.15, 0.2) is 48.4 Å². The zero-order valence-corrected chi connectivity index (χ0v) is 20.6. The number of hydrogen-bond acceptors (Lipinski definition) is 6. The Morgan fingerprint density at radius 2 is 1.84 bits per heavy atom. The molecule has 1 N–H and O–H groups in total. The Morgan fingerprint density at radius 1 is 1.05 bits per heavy atom. The molecule has 10 heteroatoms. The van der Waals surface area contributed by atoms with Gasteiger partial charge in [-0.25, -0.2) is 27.8 Å². The Morgan fingerprint density at radius 3 is 2.51 bits per heavy atom. The number of nitrogens with zero attached hydrogens (tertiary/aromatic N) is 6. The third-order valence-corrected chi connectivity index (χ3v) is 6.26. The van der Waals surface area contributed by atoms with Crippen LogP contribution >= 0.6 is 0 Å². The molecule has 7 nitrogen and oxygen atoms in total. The molecular formula is C27H27F3N6O. The van der Waals surface area contributed by atoms with Gasteiger partial charge in [0.1, 0.15) is 22.8 Å². The Bertz CT molecular complexity index is 1470. The standard InChI is InChI=1S/C27H27F3N6O/c1-27(2,37)12-21-11-23-24(14-31-21)34-26(25(33-23)19-13-32-36(15-19)16-28)35-7-5-17(6-8-35)9-18-3-4-20(29)10-22(18)30/h3-4,9-11,13-15,37H,5-8,12,16H2,1-2H3. The Kier molecular flexibility index (Phi) is 6.68. The molecule has 37 heavy (non-hydrogen) atoms. The first-order chi connectivity index (χ1) is 17.7. The molecule has 1 aliphatic rings. The molecular weight excluding hydrogens is 481 g/mol. The molecule has 0 aliphatic carbocycles. The van der Waals surface area contributed by atoms with Crippen LogP contribution in [0.4, 0.5) is 19.0 Å². The zero-order chi connectivity index (χ0) is 26.2. The van der Waals surface area contributed by atoms with E-state index in [1.54, 1.807) is 44.6 Å². The van der Waals surface area contributed by atoms with Crippen LogP contribution in [0.2, 0.25) is 0 Å². The van der Waals surface area contributed by atoms with Gasteiger partial charge in [0.05, 0.1) is 23.5 Å². The monoisotopic (exact) mass is 508 g/mol. The average Bonchev–Trinajstić information content (AvgIpc) is 3.34. The normalized spacial score (nSPS) is 14.4. The molecule has 4 heterocycles. The summed E-state index contributed by atoms with van der Waals surface area (Å²) in [6.45, 7) is 3.91. The largest absolute Gasteiger partial charge is 0.390 e. The number of fused-ring (bicyclic) bond motifs is 1. The van der Waals surface area contributed by atoms with Gasteiger partial charge in [-0.3, -0.25) is 4.98 Å². The van der Waals surface area contributed by atoms with Crippen LogP contribution in [0, 0.1) is 11.6 Å². The Balaban J connectivity index is 1.48. The van der Waals surface area contributed by atoms with Crippen LogP contribution in [0.25, 0.3) is 28.4 Å². The fourth-order valence-electron chi connectivity index (χ4n) is 4.49. The van der Waals surface area contributed by atoms with E-state index in [1.807, 2.05) is 0 Å². The van der Waals surface area contributed by atoms with E-state index in [0.29, 0.717) is 71.7 Å². The molecule has 192 valence electrons. The number of rotatable bonds is 6. The van der Waals surface area contributed by atoms with Crippen molar-refractivity contribution in [2.45, 2.75) is 45.5 Å². The summed E-state index contributed by atoms with van der Waals surface area (Å²) >= 11 is 0. The topological polar surface area (TPSA) is 80.0 Å². The summed E-state index contributed by atoms with van der Waals surface area (Å²) in [7, 11) is 0. The van der Waals surface area contributed by atoms with Gasteiger partial charge in [0.2, 0.25) is 0 Å².